The Bertz CT molecular complexity index is 4010. The smallest absolute Gasteiger partial charge is 0.157 e. The van der Waals surface area contributed by atoms with Gasteiger partial charge in [-0.05, 0) is 391 Å². The van der Waals surface area contributed by atoms with Crippen molar-refractivity contribution in [3.05, 3.63) is 49.6 Å². The molecule has 0 aromatic carbocycles. The van der Waals surface area contributed by atoms with E-state index in [2.05, 4.69) is 87.7 Å². The number of rotatable bonds is 14. The molecule has 0 aliphatic heterocycles. The lowest BCUT2D eigenvalue weighted by atomic mass is 9.48. The predicted molar refractivity (Wildman–Crippen MR) is 483 cm³/mol. The van der Waals surface area contributed by atoms with Gasteiger partial charge in [-0.25, -0.2) is 23.1 Å². The second-order valence-corrected chi connectivity index (χ2v) is 43.5. The van der Waals surface area contributed by atoms with E-state index >= 15 is 0 Å². The van der Waals surface area contributed by atoms with Gasteiger partial charge in [0, 0.05) is 48.5 Å². The summed E-state index contributed by atoms with van der Waals surface area (Å²) in [5.74, 6) is 22.6. The molecule has 4 N–H and O–H groups in total. The third-order valence-electron chi connectivity index (χ3n) is 38.4. The van der Waals surface area contributed by atoms with Crippen LogP contribution in [0.1, 0.15) is 341 Å². The summed E-state index contributed by atoms with van der Waals surface area (Å²) in [5, 5.41) is 74.1. The van der Waals surface area contributed by atoms with Gasteiger partial charge in [-0.3, -0.25) is 19.2 Å². The highest BCUT2D eigenvalue weighted by Gasteiger charge is 2.64. The van der Waals surface area contributed by atoms with E-state index < -0.39 is 29.1 Å². The summed E-state index contributed by atoms with van der Waals surface area (Å²) in [6.07, 6.45) is 54.8. The van der Waals surface area contributed by atoms with Crippen molar-refractivity contribution in [2.24, 2.45) is 164 Å². The number of aromatic nitrogens is 12. The number of alkyl halides is 1. The van der Waals surface area contributed by atoms with Crippen LogP contribution in [0, 0.1) is 176 Å². The molecule has 16 aliphatic rings. The molecule has 20 nitrogen and oxygen atoms in total. The summed E-state index contributed by atoms with van der Waals surface area (Å²) >= 11 is 0. The van der Waals surface area contributed by atoms with E-state index in [1.165, 1.54) is 122 Å². The molecule has 16 fully saturated rings. The zero-order valence-electron chi connectivity index (χ0n) is 79.3. The normalized spacial score (nSPS) is 43.6. The summed E-state index contributed by atoms with van der Waals surface area (Å²) in [4.78, 5) is 52.5. The van der Waals surface area contributed by atoms with Crippen LogP contribution in [0.4, 0.5) is 4.39 Å². The number of halogens is 1. The van der Waals surface area contributed by atoms with Gasteiger partial charge in [-0.15, -0.1) is 26.3 Å². The number of hydrogen-bond donors (Lipinski definition) is 4. The summed E-state index contributed by atoms with van der Waals surface area (Å²) in [6, 6.07) is 0. The Kier molecular flexibility index (Phi) is 31.4. The van der Waals surface area contributed by atoms with Crippen molar-refractivity contribution < 1.29 is 44.0 Å². The van der Waals surface area contributed by atoms with Gasteiger partial charge in [0.05, 0.1) is 41.6 Å². The first-order valence-corrected chi connectivity index (χ1v) is 51.0. The van der Waals surface area contributed by atoms with Gasteiger partial charge in [0.1, 0.15) is 38.5 Å². The number of fused-ring (bicyclic) bond motifs is 20. The van der Waals surface area contributed by atoms with E-state index in [1.807, 2.05) is 69.2 Å². The lowest BCUT2D eigenvalue weighted by Crippen LogP contribution is -2.52. The van der Waals surface area contributed by atoms with Crippen molar-refractivity contribution in [1.29, 1.82) is 0 Å². The van der Waals surface area contributed by atoms with Gasteiger partial charge >= 0.3 is 0 Å². The predicted octanol–water partition coefficient (Wildman–Crippen LogP) is 19.9. The second-order valence-electron chi connectivity index (χ2n) is 43.5. The van der Waals surface area contributed by atoms with Crippen molar-refractivity contribution >= 4 is 23.1 Å². The Balaban J connectivity index is 0.000000138. The maximum atomic E-state index is 13.3. The minimum Gasteiger partial charge on any atom is -0.390 e. The van der Waals surface area contributed by atoms with Gasteiger partial charge < -0.3 is 20.4 Å². The van der Waals surface area contributed by atoms with Gasteiger partial charge in [0.25, 0.3) is 0 Å². The first kappa shape index (κ1) is 96.1. The fourth-order valence-corrected chi connectivity index (χ4v) is 33.1. The van der Waals surface area contributed by atoms with E-state index in [0.29, 0.717) is 115 Å². The van der Waals surface area contributed by atoms with Crippen molar-refractivity contribution in [1.82, 2.24) is 60.0 Å². The number of nitrogens with zero attached hydrogens (tertiary/aromatic N) is 12. The standard InChI is InChI=1S/C25H35N3O2.C24H37N3O2.C23H34FN3O2.C23H35N3O2.4C2H6/c1-3-10-25(30)12-9-18-17(15-25)4-5-20-19(18)8-11-24(2)21(20)6-7-22(24)23(29)16-28-14-13-26-27-28;1-3-24(29)11-9-17-16(14-24)4-5-19-18(17)8-10-23(2)20(19)6-7-21(23)22(28)15-27-13-12-25-26-27;1-22-8-6-17-16-7-9-23(29,14-24)12-15(16)2-3-18(17)19(22)4-5-20(22)21(28)13-27-11-10-25-26-27;1-22(28)9-7-16-15(13-22)3-4-18-17(16)8-10-23(2)19(18)5-6-20(23)21(27)14-26-12-11-24-25-26;4*1-2/h13-14,17-22,30H,4-9,11-12,15-16H2,1-2H3;12-13,16-21,29H,3-11,14-15H2,1-2H3;10-11,15-20,29H,2-9,12-14H2,1H3;11-12,15-20,28H,3-10,13-14H2,1-2H3;4*1-2H3/t17-,18+,19?,20?,21?,22-,24+,25-;16-,17+,18?,19?,20?,21-,23+,24-;15-,16+,17?,18?,19?,20-,22+,23-;15-,16+,17?,18?,19?,20-,22-,23+;;;;/m1111..../s1. The topological polar surface area (TPSA) is 272 Å². The van der Waals surface area contributed by atoms with Crippen molar-refractivity contribution in [2.75, 3.05) is 6.67 Å². The molecule has 0 spiro atoms. The molecule has 12 unspecified atom stereocenters. The molecule has 4 heterocycles. The molecule has 4 aromatic rings. The average Bonchev–Trinajstić information content (AvgIpc) is 1.51. The summed E-state index contributed by atoms with van der Waals surface area (Å²) in [7, 11) is 0. The summed E-state index contributed by atoms with van der Waals surface area (Å²) in [5.41, 5.74) is -2.06. The highest BCUT2D eigenvalue weighted by Crippen LogP contribution is 2.70. The van der Waals surface area contributed by atoms with Crippen LogP contribution in [0.2, 0.25) is 0 Å². The molecule has 20 rings (SSSR count). The van der Waals surface area contributed by atoms with Crippen LogP contribution < -0.4 is 0 Å². The largest absolute Gasteiger partial charge is 0.390 e. The van der Waals surface area contributed by atoms with Crippen LogP contribution in [0.3, 0.4) is 0 Å². The minimum atomic E-state index is -1.07. The number of carbonyl (C=O) groups excluding carboxylic acids is 4. The van der Waals surface area contributed by atoms with Crippen molar-refractivity contribution in [2.45, 2.75) is 390 Å². The Morgan fingerprint density at radius 1 is 0.339 bits per heavy atom. The molecule has 32 atom stereocenters. The van der Waals surface area contributed by atoms with Crippen LogP contribution >= 0.6 is 0 Å². The quantitative estimate of drug-likeness (QED) is 0.0854. The number of ketones is 4. The Labute approximate surface area is 744 Å². The van der Waals surface area contributed by atoms with Crippen LogP contribution in [-0.2, 0) is 45.4 Å². The highest BCUT2D eigenvalue weighted by atomic mass is 19.1. The van der Waals surface area contributed by atoms with Crippen molar-refractivity contribution in [3.8, 4) is 11.8 Å². The molecule has 692 valence electrons. The Morgan fingerprint density at radius 2 is 0.613 bits per heavy atom. The maximum absolute atomic E-state index is 13.3. The monoisotopic (exact) mass is 1720 g/mol. The zero-order valence-corrected chi connectivity index (χ0v) is 79.3. The van der Waals surface area contributed by atoms with Gasteiger partial charge in [-0.2, -0.15) is 0 Å². The molecular formula is C103H165FN12O8. The molecule has 0 amide bonds. The van der Waals surface area contributed by atoms with E-state index in [-0.39, 0.29) is 45.3 Å². The molecule has 16 aliphatic carbocycles. The molecule has 124 heavy (non-hydrogen) atoms. The SMILES string of the molecule is CC.CC.CC.CC.CC#C[C@@]1(O)CC[C@@H]2C3CC[C@@]4(C)C(CC[C@@H]4C(=O)Cn4ccnn4)C3CC[C@@H]2C1.CC[C@@]1(O)CC[C@@H]2C3CC[C@@]4(C)C(CC[C@@H]4C(=O)Cn4ccnn4)C3CC[C@@H]2C1.C[C@@]1(O)CC[C@@H]2C3CC[C@@]4(C)C(CC[C@@H]4C(=O)Cn4ccnn4)C3CC[C@@H]2C1.C[C@]12CCC3C(CC[C@@H]4C[C@@](O)(CF)CC[C@H]34)C1CC[C@@H]2C(=O)Cn1ccnn1. The van der Waals surface area contributed by atoms with Crippen LogP contribution in [0.25, 0.3) is 0 Å². The van der Waals surface area contributed by atoms with Crippen LogP contribution in [-0.4, -0.2) is 133 Å². The molecule has 16 saturated carbocycles. The van der Waals surface area contributed by atoms with Gasteiger partial charge in [0.2, 0.25) is 0 Å². The maximum Gasteiger partial charge on any atom is 0.157 e. The number of Topliss-reactive ketones (excluding diaryl/α,β-unsaturated/α-hetero) is 4. The molecule has 0 bridgehead atoms. The third-order valence-corrected chi connectivity index (χ3v) is 38.4. The fourth-order valence-electron chi connectivity index (χ4n) is 33.1. The molecule has 0 radical (unpaired) electrons. The Morgan fingerprint density at radius 3 is 0.903 bits per heavy atom. The van der Waals surface area contributed by atoms with Gasteiger partial charge in [0.15, 0.2) is 23.1 Å². The zero-order chi connectivity index (χ0) is 88.9. The minimum absolute atomic E-state index is 0.111. The third kappa shape index (κ3) is 19.2. The highest BCUT2D eigenvalue weighted by molar-refractivity contribution is 5.83. The van der Waals surface area contributed by atoms with Crippen LogP contribution in [0.15, 0.2) is 49.6 Å². The van der Waals surface area contributed by atoms with Crippen molar-refractivity contribution in [3.63, 3.8) is 0 Å². The van der Waals surface area contributed by atoms with E-state index in [1.54, 1.807) is 68.3 Å². The summed E-state index contributed by atoms with van der Waals surface area (Å²) < 4.78 is 20.1. The molecule has 4 aromatic heterocycles. The molecule has 0 saturated heterocycles. The van der Waals surface area contributed by atoms with E-state index in [9.17, 15) is 44.0 Å². The molecular weight excluding hydrogens is 1550 g/mol. The number of aliphatic hydroxyl groups is 4. The van der Waals surface area contributed by atoms with Crippen LogP contribution in [0.5, 0.6) is 0 Å². The number of carbonyl (C=O) groups is 4. The molecule has 21 heteroatoms. The van der Waals surface area contributed by atoms with Gasteiger partial charge in [-0.1, -0.05) is 117 Å². The lowest BCUT2D eigenvalue weighted by molar-refractivity contribution is -0.134. The summed E-state index contributed by atoms with van der Waals surface area (Å²) in [6.45, 7) is 32.5. The lowest BCUT2D eigenvalue weighted by Gasteiger charge is -2.57. The number of hydrogen-bond acceptors (Lipinski definition) is 16. The second kappa shape index (κ2) is 40.5. The first-order valence-electron chi connectivity index (χ1n) is 51.0. The fraction of sp³-hybridized carbons (Fsp3) is 0.864. The van der Waals surface area contributed by atoms with E-state index in [4.69, 9.17) is 0 Å². The Hall–Kier alpha value is -5.43. The van der Waals surface area contributed by atoms with E-state index in [0.717, 1.165) is 168 Å². The average molecular weight is 1720 g/mol. The first-order chi connectivity index (χ1) is 59.7.